The van der Waals surface area contributed by atoms with Crippen LogP contribution >= 0.6 is 0 Å². The SMILES string of the molecule is O=CCc1cn[nH]c1-c1ccncc1. The maximum atomic E-state index is 10.4. The topological polar surface area (TPSA) is 58.6 Å². The van der Waals surface area contributed by atoms with E-state index in [4.69, 9.17) is 0 Å². The molecule has 0 aliphatic carbocycles. The first kappa shape index (κ1) is 8.62. The van der Waals surface area contributed by atoms with Crippen molar-refractivity contribution < 1.29 is 4.79 Å². The molecule has 2 heterocycles. The van der Waals surface area contributed by atoms with Crippen LogP contribution in [-0.4, -0.2) is 21.5 Å². The number of carbonyl (C=O) groups excluding carboxylic acids is 1. The van der Waals surface area contributed by atoms with Crippen LogP contribution < -0.4 is 0 Å². The van der Waals surface area contributed by atoms with E-state index in [2.05, 4.69) is 15.2 Å². The Morgan fingerprint density at radius 3 is 2.86 bits per heavy atom. The second-order valence-corrected chi connectivity index (χ2v) is 2.88. The molecule has 4 heteroatoms. The molecule has 0 radical (unpaired) electrons. The second kappa shape index (κ2) is 3.83. The van der Waals surface area contributed by atoms with E-state index in [0.717, 1.165) is 23.1 Å². The summed E-state index contributed by atoms with van der Waals surface area (Å²) < 4.78 is 0. The Bertz CT molecular complexity index is 422. The van der Waals surface area contributed by atoms with Crippen molar-refractivity contribution in [2.45, 2.75) is 6.42 Å². The molecule has 0 aromatic carbocycles. The van der Waals surface area contributed by atoms with E-state index in [0.29, 0.717) is 6.42 Å². The summed E-state index contributed by atoms with van der Waals surface area (Å²) in [7, 11) is 0. The summed E-state index contributed by atoms with van der Waals surface area (Å²) in [4.78, 5) is 14.3. The quantitative estimate of drug-likeness (QED) is 0.735. The molecule has 2 aromatic rings. The van der Waals surface area contributed by atoms with Crippen LogP contribution in [0.2, 0.25) is 0 Å². The summed E-state index contributed by atoms with van der Waals surface area (Å²) in [6, 6.07) is 3.75. The normalized spacial score (nSPS) is 10.0. The number of hydrogen-bond acceptors (Lipinski definition) is 3. The van der Waals surface area contributed by atoms with Gasteiger partial charge < -0.3 is 4.79 Å². The zero-order chi connectivity index (χ0) is 9.80. The molecule has 14 heavy (non-hydrogen) atoms. The fourth-order valence-corrected chi connectivity index (χ4v) is 1.32. The smallest absolute Gasteiger partial charge is 0.124 e. The van der Waals surface area contributed by atoms with Gasteiger partial charge in [0.2, 0.25) is 0 Å². The molecule has 0 saturated heterocycles. The lowest BCUT2D eigenvalue weighted by molar-refractivity contribution is -0.107. The van der Waals surface area contributed by atoms with Crippen LogP contribution in [0, 0.1) is 0 Å². The number of aromatic nitrogens is 3. The van der Waals surface area contributed by atoms with Crippen LogP contribution in [0.15, 0.2) is 30.7 Å². The molecule has 2 rings (SSSR count). The van der Waals surface area contributed by atoms with E-state index >= 15 is 0 Å². The third-order valence-corrected chi connectivity index (χ3v) is 1.99. The lowest BCUT2D eigenvalue weighted by Crippen LogP contribution is -1.87. The summed E-state index contributed by atoms with van der Waals surface area (Å²) in [5, 5.41) is 6.78. The van der Waals surface area contributed by atoms with E-state index in [1.165, 1.54) is 0 Å². The summed E-state index contributed by atoms with van der Waals surface area (Å²) in [6.07, 6.45) is 6.34. The van der Waals surface area contributed by atoms with Gasteiger partial charge in [-0.3, -0.25) is 10.1 Å². The predicted octanol–water partition coefficient (Wildman–Crippen LogP) is 1.21. The summed E-state index contributed by atoms with van der Waals surface area (Å²) in [5.74, 6) is 0. The van der Waals surface area contributed by atoms with Crippen molar-refractivity contribution in [3.8, 4) is 11.3 Å². The highest BCUT2D eigenvalue weighted by molar-refractivity contribution is 5.67. The summed E-state index contributed by atoms with van der Waals surface area (Å²) in [6.45, 7) is 0. The third kappa shape index (κ3) is 1.54. The molecule has 0 aliphatic rings. The fraction of sp³-hybridized carbons (Fsp3) is 0.100. The van der Waals surface area contributed by atoms with Crippen LogP contribution in [0.5, 0.6) is 0 Å². The molecule has 0 bridgehead atoms. The molecular weight excluding hydrogens is 178 g/mol. The average Bonchev–Trinajstić information content (AvgIpc) is 2.68. The average molecular weight is 187 g/mol. The Hall–Kier alpha value is -1.97. The molecule has 0 unspecified atom stereocenters. The number of nitrogens with one attached hydrogen (secondary N) is 1. The van der Waals surface area contributed by atoms with Crippen molar-refractivity contribution in [3.05, 3.63) is 36.3 Å². The summed E-state index contributed by atoms with van der Waals surface area (Å²) >= 11 is 0. The number of carbonyl (C=O) groups is 1. The Morgan fingerprint density at radius 2 is 2.14 bits per heavy atom. The highest BCUT2D eigenvalue weighted by Crippen LogP contribution is 2.19. The van der Waals surface area contributed by atoms with Crippen molar-refractivity contribution in [3.63, 3.8) is 0 Å². The van der Waals surface area contributed by atoms with Crippen LogP contribution in [0.4, 0.5) is 0 Å². The number of H-pyrrole nitrogens is 1. The Labute approximate surface area is 81.0 Å². The van der Waals surface area contributed by atoms with Crippen molar-refractivity contribution in [1.29, 1.82) is 0 Å². The Morgan fingerprint density at radius 1 is 1.36 bits per heavy atom. The van der Waals surface area contributed by atoms with Gasteiger partial charge in [-0.05, 0) is 12.1 Å². The number of aromatic amines is 1. The first-order valence-electron chi connectivity index (χ1n) is 4.28. The van der Waals surface area contributed by atoms with Crippen LogP contribution in [-0.2, 0) is 11.2 Å². The Kier molecular flexibility index (Phi) is 2.36. The standard InChI is InChI=1S/C10H9N3O/c14-6-3-9-7-12-13-10(9)8-1-4-11-5-2-8/h1-2,4-7H,3H2,(H,12,13). The Balaban J connectivity index is 2.41. The van der Waals surface area contributed by atoms with Crippen LogP contribution in [0.25, 0.3) is 11.3 Å². The molecule has 1 N–H and O–H groups in total. The van der Waals surface area contributed by atoms with E-state index in [9.17, 15) is 4.79 Å². The zero-order valence-corrected chi connectivity index (χ0v) is 7.47. The maximum Gasteiger partial charge on any atom is 0.124 e. The molecule has 70 valence electrons. The lowest BCUT2D eigenvalue weighted by atomic mass is 10.1. The highest BCUT2D eigenvalue weighted by atomic mass is 16.1. The molecule has 2 aromatic heterocycles. The van der Waals surface area contributed by atoms with Crippen molar-refractivity contribution >= 4 is 6.29 Å². The van der Waals surface area contributed by atoms with Gasteiger partial charge >= 0.3 is 0 Å². The number of pyridine rings is 1. The molecular formula is C10H9N3O. The van der Waals surface area contributed by atoms with Gasteiger partial charge in [-0.15, -0.1) is 0 Å². The molecule has 0 aliphatic heterocycles. The predicted molar refractivity (Wildman–Crippen MR) is 51.6 cm³/mol. The number of aldehydes is 1. The maximum absolute atomic E-state index is 10.4. The van der Waals surface area contributed by atoms with Crippen molar-refractivity contribution in [1.82, 2.24) is 15.2 Å². The van der Waals surface area contributed by atoms with Crippen molar-refractivity contribution in [2.24, 2.45) is 0 Å². The zero-order valence-electron chi connectivity index (χ0n) is 7.47. The molecule has 0 saturated carbocycles. The molecule has 0 fully saturated rings. The van der Waals surface area contributed by atoms with E-state index in [-0.39, 0.29) is 0 Å². The molecule has 0 spiro atoms. The van der Waals surface area contributed by atoms with E-state index in [1.54, 1.807) is 18.6 Å². The number of hydrogen-bond donors (Lipinski definition) is 1. The second-order valence-electron chi connectivity index (χ2n) is 2.88. The first-order chi connectivity index (χ1) is 6.92. The molecule has 0 amide bonds. The summed E-state index contributed by atoms with van der Waals surface area (Å²) in [5.41, 5.74) is 2.79. The van der Waals surface area contributed by atoms with Crippen LogP contribution in [0.1, 0.15) is 5.56 Å². The van der Waals surface area contributed by atoms with Gasteiger partial charge in [0.15, 0.2) is 0 Å². The van der Waals surface area contributed by atoms with Gasteiger partial charge in [-0.2, -0.15) is 5.10 Å². The minimum Gasteiger partial charge on any atom is -0.303 e. The van der Waals surface area contributed by atoms with Gasteiger partial charge in [0.25, 0.3) is 0 Å². The third-order valence-electron chi connectivity index (χ3n) is 1.99. The fourth-order valence-electron chi connectivity index (χ4n) is 1.32. The van der Waals surface area contributed by atoms with E-state index < -0.39 is 0 Å². The molecule has 4 nitrogen and oxygen atoms in total. The largest absolute Gasteiger partial charge is 0.303 e. The minimum atomic E-state index is 0.383. The number of rotatable bonds is 3. The van der Waals surface area contributed by atoms with Gasteiger partial charge in [0, 0.05) is 29.9 Å². The van der Waals surface area contributed by atoms with Crippen LogP contribution in [0.3, 0.4) is 0 Å². The van der Waals surface area contributed by atoms with Gasteiger partial charge in [-0.1, -0.05) is 0 Å². The molecule has 0 atom stereocenters. The lowest BCUT2D eigenvalue weighted by Gasteiger charge is -1.98. The number of nitrogens with zero attached hydrogens (tertiary/aromatic N) is 2. The van der Waals surface area contributed by atoms with Gasteiger partial charge in [0.05, 0.1) is 11.9 Å². The highest BCUT2D eigenvalue weighted by Gasteiger charge is 2.05. The van der Waals surface area contributed by atoms with Gasteiger partial charge in [0.1, 0.15) is 6.29 Å². The minimum absolute atomic E-state index is 0.383. The monoisotopic (exact) mass is 187 g/mol. The van der Waals surface area contributed by atoms with Gasteiger partial charge in [-0.25, -0.2) is 0 Å². The van der Waals surface area contributed by atoms with E-state index in [1.807, 2.05) is 12.1 Å². The van der Waals surface area contributed by atoms with Crippen molar-refractivity contribution in [2.75, 3.05) is 0 Å². The first-order valence-corrected chi connectivity index (χ1v) is 4.28.